The Morgan fingerprint density at radius 3 is 2.88 bits per heavy atom. The fourth-order valence-electron chi connectivity index (χ4n) is 1.47. The van der Waals surface area contributed by atoms with Gasteiger partial charge in [0.15, 0.2) is 0 Å². The number of carbonyl (C=O) groups excluding carboxylic acids is 1. The smallest absolute Gasteiger partial charge is 0.338 e. The van der Waals surface area contributed by atoms with Gasteiger partial charge >= 0.3 is 5.97 Å². The fraction of sp³-hybridized carbons (Fsp3) is 0.111. The average Bonchev–Trinajstić information content (AvgIpc) is 2.69. The number of fused-ring (bicyclic) bond motifs is 1. The van der Waals surface area contributed by atoms with Gasteiger partial charge in [0, 0.05) is 17.5 Å². The Hall–Kier alpha value is -1.96. The third-order valence-corrected chi connectivity index (χ3v) is 2.79. The number of nitro benzene ring substituents is 1. The Morgan fingerprint density at radius 2 is 2.29 bits per heavy atom. The van der Waals surface area contributed by atoms with E-state index in [4.69, 9.17) is 0 Å². The molecule has 0 saturated heterocycles. The molecule has 17 heavy (non-hydrogen) atoms. The van der Waals surface area contributed by atoms with Crippen LogP contribution in [0.4, 0.5) is 5.69 Å². The predicted molar refractivity (Wildman–Crippen MR) is 61.8 cm³/mol. The Balaban J connectivity index is 2.80. The van der Waals surface area contributed by atoms with E-state index in [1.165, 1.54) is 13.2 Å². The van der Waals surface area contributed by atoms with Crippen molar-refractivity contribution in [3.05, 3.63) is 32.4 Å². The maximum atomic E-state index is 11.5. The van der Waals surface area contributed by atoms with Crippen LogP contribution < -0.4 is 0 Å². The molecule has 0 unspecified atom stereocenters. The van der Waals surface area contributed by atoms with Crippen molar-refractivity contribution in [1.82, 2.24) is 10.2 Å². The number of nitro groups is 1. The van der Waals surface area contributed by atoms with E-state index in [0.29, 0.717) is 15.5 Å². The van der Waals surface area contributed by atoms with Gasteiger partial charge in [-0.15, -0.1) is 0 Å². The van der Waals surface area contributed by atoms with Crippen molar-refractivity contribution in [2.75, 3.05) is 7.11 Å². The number of hydrogen-bond acceptors (Lipinski definition) is 5. The number of esters is 1. The highest BCUT2D eigenvalue weighted by Gasteiger charge is 2.20. The number of nitrogens with zero attached hydrogens (tertiary/aromatic N) is 2. The van der Waals surface area contributed by atoms with E-state index in [2.05, 4.69) is 30.9 Å². The van der Waals surface area contributed by atoms with Crippen LogP contribution >= 0.6 is 15.9 Å². The van der Waals surface area contributed by atoms with E-state index in [-0.39, 0.29) is 11.3 Å². The van der Waals surface area contributed by atoms with E-state index >= 15 is 0 Å². The lowest BCUT2D eigenvalue weighted by molar-refractivity contribution is -0.384. The van der Waals surface area contributed by atoms with Crippen molar-refractivity contribution >= 4 is 38.5 Å². The summed E-state index contributed by atoms with van der Waals surface area (Å²) in [5.74, 6) is -0.652. The average molecular weight is 300 g/mol. The minimum Gasteiger partial charge on any atom is -0.465 e. The third-order valence-electron chi connectivity index (χ3n) is 2.21. The van der Waals surface area contributed by atoms with Gasteiger partial charge in [-0.25, -0.2) is 4.79 Å². The minimum atomic E-state index is -0.652. The number of non-ortho nitro benzene ring substituents is 1. The lowest BCUT2D eigenvalue weighted by Gasteiger charge is -2.01. The van der Waals surface area contributed by atoms with Crippen LogP contribution in [-0.4, -0.2) is 28.2 Å². The largest absolute Gasteiger partial charge is 0.465 e. The van der Waals surface area contributed by atoms with E-state index in [9.17, 15) is 14.9 Å². The summed E-state index contributed by atoms with van der Waals surface area (Å²) in [7, 11) is 1.21. The van der Waals surface area contributed by atoms with Gasteiger partial charge < -0.3 is 4.74 Å². The normalized spacial score (nSPS) is 10.5. The van der Waals surface area contributed by atoms with Gasteiger partial charge in [-0.3, -0.25) is 15.2 Å². The molecular weight excluding hydrogens is 294 g/mol. The van der Waals surface area contributed by atoms with E-state index in [1.54, 1.807) is 0 Å². The fourth-order valence-corrected chi connectivity index (χ4v) is 1.98. The molecule has 2 rings (SSSR count). The van der Waals surface area contributed by atoms with Gasteiger partial charge in [0.1, 0.15) is 10.1 Å². The number of rotatable bonds is 2. The summed E-state index contributed by atoms with van der Waals surface area (Å²) >= 11 is 3.18. The topological polar surface area (TPSA) is 98.1 Å². The van der Waals surface area contributed by atoms with E-state index < -0.39 is 10.9 Å². The van der Waals surface area contributed by atoms with Gasteiger partial charge in [0.25, 0.3) is 5.69 Å². The molecule has 1 heterocycles. The summed E-state index contributed by atoms with van der Waals surface area (Å²) in [6, 6.07) is 2.44. The molecule has 8 heteroatoms. The summed E-state index contributed by atoms with van der Waals surface area (Å²) in [6.07, 6.45) is 0. The first-order chi connectivity index (χ1) is 8.04. The van der Waals surface area contributed by atoms with Crippen molar-refractivity contribution in [3.63, 3.8) is 0 Å². The molecule has 1 N–H and O–H groups in total. The number of aromatic nitrogens is 2. The number of H-pyrrole nitrogens is 1. The molecule has 1 aromatic carbocycles. The van der Waals surface area contributed by atoms with Crippen LogP contribution in [-0.2, 0) is 4.74 Å². The van der Waals surface area contributed by atoms with Crippen LogP contribution in [0.15, 0.2) is 16.7 Å². The molecule has 88 valence electrons. The first kappa shape index (κ1) is 11.5. The second kappa shape index (κ2) is 4.13. The Morgan fingerprint density at radius 1 is 1.59 bits per heavy atom. The van der Waals surface area contributed by atoms with Gasteiger partial charge in [-0.1, -0.05) is 0 Å². The summed E-state index contributed by atoms with van der Waals surface area (Å²) in [5, 5.41) is 17.6. The van der Waals surface area contributed by atoms with Gasteiger partial charge in [-0.05, 0) is 15.9 Å². The first-order valence-electron chi connectivity index (χ1n) is 4.45. The summed E-state index contributed by atoms with van der Waals surface area (Å²) < 4.78 is 5.05. The summed E-state index contributed by atoms with van der Waals surface area (Å²) in [4.78, 5) is 21.7. The summed E-state index contributed by atoms with van der Waals surface area (Å²) in [5.41, 5.74) is 0.209. The second-order valence-corrected chi connectivity index (χ2v) is 3.97. The first-order valence-corrected chi connectivity index (χ1v) is 5.24. The lowest BCUT2D eigenvalue weighted by Crippen LogP contribution is -2.03. The Labute approximate surface area is 103 Å². The monoisotopic (exact) mass is 299 g/mol. The minimum absolute atomic E-state index is 0.0947. The number of halogens is 1. The summed E-state index contributed by atoms with van der Waals surface area (Å²) in [6.45, 7) is 0. The van der Waals surface area contributed by atoms with Crippen molar-refractivity contribution in [2.24, 2.45) is 0 Å². The number of nitrogens with one attached hydrogen (secondary N) is 1. The van der Waals surface area contributed by atoms with Gasteiger partial charge in [0.2, 0.25) is 0 Å². The molecule has 0 fully saturated rings. The predicted octanol–water partition coefficient (Wildman–Crippen LogP) is 2.02. The Kier molecular flexibility index (Phi) is 2.80. The number of methoxy groups -OCH3 is 1. The highest BCUT2D eigenvalue weighted by atomic mass is 79.9. The van der Waals surface area contributed by atoms with Crippen molar-refractivity contribution in [2.45, 2.75) is 0 Å². The molecule has 0 aliphatic carbocycles. The second-order valence-electron chi connectivity index (χ2n) is 3.17. The molecule has 0 spiro atoms. The number of carbonyl (C=O) groups is 1. The quantitative estimate of drug-likeness (QED) is 0.519. The molecular formula is C9H6BrN3O4. The zero-order valence-corrected chi connectivity index (χ0v) is 10.1. The third kappa shape index (κ3) is 1.86. The molecule has 7 nitrogen and oxygen atoms in total. The zero-order chi connectivity index (χ0) is 12.6. The van der Waals surface area contributed by atoms with Crippen molar-refractivity contribution in [1.29, 1.82) is 0 Å². The molecule has 2 aromatic rings. The van der Waals surface area contributed by atoms with E-state index in [0.717, 1.165) is 6.07 Å². The molecule has 0 aliphatic heterocycles. The standard InChI is InChI=1S/C9H6BrN3O4/c1-17-9(14)5-2-4(13(15)16)3-6-7(5)8(10)12-11-6/h2-3H,1H3,(H,11,12). The van der Waals surface area contributed by atoms with Crippen molar-refractivity contribution < 1.29 is 14.5 Å². The number of benzene rings is 1. The lowest BCUT2D eigenvalue weighted by atomic mass is 10.1. The molecule has 0 aliphatic rings. The van der Waals surface area contributed by atoms with Crippen molar-refractivity contribution in [3.8, 4) is 0 Å². The molecule has 0 atom stereocenters. The molecule has 0 amide bonds. The van der Waals surface area contributed by atoms with Crippen LogP contribution in [0.1, 0.15) is 10.4 Å². The van der Waals surface area contributed by atoms with Crippen LogP contribution in [0.2, 0.25) is 0 Å². The SMILES string of the molecule is COC(=O)c1cc([N+](=O)[O-])cc2n[nH]c(Br)c12. The van der Waals surface area contributed by atoms with Crippen LogP contribution in [0.25, 0.3) is 10.9 Å². The highest BCUT2D eigenvalue weighted by molar-refractivity contribution is 9.10. The molecule has 0 bridgehead atoms. The highest BCUT2D eigenvalue weighted by Crippen LogP contribution is 2.29. The van der Waals surface area contributed by atoms with Crippen LogP contribution in [0.3, 0.4) is 0 Å². The van der Waals surface area contributed by atoms with Gasteiger partial charge in [-0.2, -0.15) is 5.10 Å². The maximum absolute atomic E-state index is 11.5. The van der Waals surface area contributed by atoms with E-state index in [1.807, 2.05) is 0 Å². The van der Waals surface area contributed by atoms with Gasteiger partial charge in [0.05, 0.1) is 17.6 Å². The molecule has 0 radical (unpaired) electrons. The maximum Gasteiger partial charge on any atom is 0.338 e. The number of ether oxygens (including phenoxy) is 1. The number of hydrogen-bond donors (Lipinski definition) is 1. The zero-order valence-electron chi connectivity index (χ0n) is 8.56. The molecule has 1 aromatic heterocycles. The van der Waals surface area contributed by atoms with Crippen LogP contribution in [0.5, 0.6) is 0 Å². The molecule has 0 saturated carbocycles. The Bertz CT molecular complexity index is 622. The number of aromatic amines is 1. The van der Waals surface area contributed by atoms with Crippen LogP contribution in [0, 0.1) is 10.1 Å².